The summed E-state index contributed by atoms with van der Waals surface area (Å²) in [5.41, 5.74) is 3.76. The molecule has 1 aromatic heterocycles. The SMILES string of the molecule is COC(=O)[C@H](Cc1ccc(OCc2ccccc2)cc1)NC(=O)c1cc2cc(C#Cc3ccccc3)ccc2s1. The van der Waals surface area contributed by atoms with Crippen LogP contribution in [0.15, 0.2) is 109 Å². The number of hydrogen-bond acceptors (Lipinski definition) is 5. The van der Waals surface area contributed by atoms with E-state index in [0.29, 0.717) is 17.9 Å². The van der Waals surface area contributed by atoms with E-state index >= 15 is 0 Å². The first-order valence-electron chi connectivity index (χ1n) is 12.8. The van der Waals surface area contributed by atoms with Crippen molar-refractivity contribution in [3.05, 3.63) is 136 Å². The number of hydrogen-bond donors (Lipinski definition) is 1. The van der Waals surface area contributed by atoms with Crippen LogP contribution < -0.4 is 10.1 Å². The molecule has 6 heteroatoms. The number of nitrogens with one attached hydrogen (secondary N) is 1. The first kappa shape index (κ1) is 26.7. The van der Waals surface area contributed by atoms with Gasteiger partial charge in [-0.1, -0.05) is 72.5 Å². The normalized spacial score (nSPS) is 11.2. The van der Waals surface area contributed by atoms with Crippen LogP contribution in [-0.4, -0.2) is 25.0 Å². The van der Waals surface area contributed by atoms with Crippen LogP contribution in [0.5, 0.6) is 5.75 Å². The molecule has 0 aliphatic heterocycles. The van der Waals surface area contributed by atoms with E-state index in [0.717, 1.165) is 38.1 Å². The summed E-state index contributed by atoms with van der Waals surface area (Å²) in [6.45, 7) is 0.470. The summed E-state index contributed by atoms with van der Waals surface area (Å²) in [4.78, 5) is 26.2. The summed E-state index contributed by atoms with van der Waals surface area (Å²) in [6, 6.07) is 34.1. The Balaban J connectivity index is 1.24. The summed E-state index contributed by atoms with van der Waals surface area (Å²) in [6.07, 6.45) is 0.293. The van der Waals surface area contributed by atoms with Gasteiger partial charge in [-0.2, -0.15) is 0 Å². The molecule has 0 radical (unpaired) electrons. The second-order valence-electron chi connectivity index (χ2n) is 9.15. The molecular weight excluding hydrogens is 518 g/mol. The van der Waals surface area contributed by atoms with Gasteiger partial charge in [0.25, 0.3) is 5.91 Å². The third-order valence-corrected chi connectivity index (χ3v) is 7.38. The molecule has 0 fully saturated rings. The second-order valence-corrected chi connectivity index (χ2v) is 10.2. The number of methoxy groups -OCH3 is 1. The largest absolute Gasteiger partial charge is 0.489 e. The maximum Gasteiger partial charge on any atom is 0.328 e. The van der Waals surface area contributed by atoms with E-state index in [2.05, 4.69) is 17.2 Å². The molecule has 0 spiro atoms. The fourth-order valence-electron chi connectivity index (χ4n) is 4.16. The third-order valence-electron chi connectivity index (χ3n) is 6.27. The zero-order chi connectivity index (χ0) is 27.7. The average molecular weight is 546 g/mol. The lowest BCUT2D eigenvalue weighted by Gasteiger charge is -2.16. The molecule has 1 N–H and O–H groups in total. The fourth-order valence-corrected chi connectivity index (χ4v) is 5.11. The van der Waals surface area contributed by atoms with Gasteiger partial charge in [0.15, 0.2) is 0 Å². The van der Waals surface area contributed by atoms with Crippen molar-refractivity contribution in [3.8, 4) is 17.6 Å². The topological polar surface area (TPSA) is 64.6 Å². The third kappa shape index (κ3) is 6.96. The minimum atomic E-state index is -0.828. The van der Waals surface area contributed by atoms with E-state index in [1.54, 1.807) is 0 Å². The van der Waals surface area contributed by atoms with Gasteiger partial charge in [0.1, 0.15) is 18.4 Å². The van der Waals surface area contributed by atoms with Gasteiger partial charge in [0.2, 0.25) is 0 Å². The van der Waals surface area contributed by atoms with Crippen LogP contribution in [0.3, 0.4) is 0 Å². The molecule has 5 rings (SSSR count). The highest BCUT2D eigenvalue weighted by atomic mass is 32.1. The molecule has 0 aliphatic carbocycles. The van der Waals surface area contributed by atoms with E-state index < -0.39 is 12.0 Å². The van der Waals surface area contributed by atoms with E-state index in [1.807, 2.05) is 109 Å². The van der Waals surface area contributed by atoms with E-state index in [-0.39, 0.29) is 5.91 Å². The molecule has 1 heterocycles. The molecule has 198 valence electrons. The number of esters is 1. The van der Waals surface area contributed by atoms with Crippen molar-refractivity contribution in [2.75, 3.05) is 7.11 Å². The smallest absolute Gasteiger partial charge is 0.328 e. The highest BCUT2D eigenvalue weighted by molar-refractivity contribution is 7.20. The van der Waals surface area contributed by atoms with Crippen LogP contribution in [0.4, 0.5) is 0 Å². The Bertz CT molecular complexity index is 1670. The standard InChI is InChI=1S/C34H27NO4S/c1-38-34(37)30(21-26-14-17-29(18-15-26)39-23-27-10-6-3-7-11-27)35-33(36)32-22-28-20-25(16-19-31(28)40-32)13-12-24-8-4-2-5-9-24/h2-11,14-20,22,30H,21,23H2,1H3,(H,35,36)/t30-/m0/s1. The van der Waals surface area contributed by atoms with Crippen LogP contribution in [0.2, 0.25) is 0 Å². The van der Waals surface area contributed by atoms with Crippen molar-refractivity contribution in [1.82, 2.24) is 5.32 Å². The van der Waals surface area contributed by atoms with Gasteiger partial charge < -0.3 is 14.8 Å². The molecule has 0 bridgehead atoms. The summed E-state index contributed by atoms with van der Waals surface area (Å²) in [7, 11) is 1.32. The number of ether oxygens (including phenoxy) is 2. The summed E-state index contributed by atoms with van der Waals surface area (Å²) in [5, 5.41) is 3.78. The Hall–Kier alpha value is -4.86. The van der Waals surface area contributed by atoms with Crippen molar-refractivity contribution in [3.63, 3.8) is 0 Å². The molecule has 1 amide bonds. The molecule has 0 aliphatic rings. The van der Waals surface area contributed by atoms with Gasteiger partial charge >= 0.3 is 5.97 Å². The highest BCUT2D eigenvalue weighted by Crippen LogP contribution is 2.27. The monoisotopic (exact) mass is 545 g/mol. The number of fused-ring (bicyclic) bond motifs is 1. The zero-order valence-electron chi connectivity index (χ0n) is 21.9. The summed E-state index contributed by atoms with van der Waals surface area (Å²) < 4.78 is 11.8. The Morgan fingerprint density at radius 1 is 0.800 bits per heavy atom. The second kappa shape index (κ2) is 12.8. The number of rotatable bonds is 8. The summed E-state index contributed by atoms with van der Waals surface area (Å²) in [5.74, 6) is 6.23. The number of carbonyl (C=O) groups excluding carboxylic acids is 2. The lowest BCUT2D eigenvalue weighted by molar-refractivity contribution is -0.142. The Morgan fingerprint density at radius 2 is 1.50 bits per heavy atom. The van der Waals surface area contributed by atoms with E-state index in [1.165, 1.54) is 18.4 Å². The lowest BCUT2D eigenvalue weighted by Crippen LogP contribution is -2.42. The molecule has 0 saturated heterocycles. The Kier molecular flexibility index (Phi) is 8.55. The van der Waals surface area contributed by atoms with Gasteiger partial charge in [-0.05, 0) is 65.0 Å². The van der Waals surface area contributed by atoms with Crippen LogP contribution in [-0.2, 0) is 22.6 Å². The number of amides is 1. The maximum absolute atomic E-state index is 13.1. The fraction of sp³-hybridized carbons (Fsp3) is 0.118. The van der Waals surface area contributed by atoms with Crippen molar-refractivity contribution < 1.29 is 19.1 Å². The molecule has 4 aromatic carbocycles. The molecular formula is C34H27NO4S. The van der Waals surface area contributed by atoms with Crippen molar-refractivity contribution in [1.29, 1.82) is 0 Å². The van der Waals surface area contributed by atoms with Crippen LogP contribution >= 0.6 is 11.3 Å². The van der Waals surface area contributed by atoms with Crippen molar-refractivity contribution in [2.24, 2.45) is 0 Å². The van der Waals surface area contributed by atoms with Crippen LogP contribution in [0.1, 0.15) is 31.9 Å². The van der Waals surface area contributed by atoms with Crippen LogP contribution in [0, 0.1) is 11.8 Å². The predicted molar refractivity (Wildman–Crippen MR) is 158 cm³/mol. The number of thiophene rings is 1. The van der Waals surface area contributed by atoms with Gasteiger partial charge in [-0.15, -0.1) is 11.3 Å². The van der Waals surface area contributed by atoms with Gasteiger partial charge in [-0.25, -0.2) is 4.79 Å². The highest BCUT2D eigenvalue weighted by Gasteiger charge is 2.23. The first-order valence-corrected chi connectivity index (χ1v) is 13.6. The minimum Gasteiger partial charge on any atom is -0.489 e. The van der Waals surface area contributed by atoms with E-state index in [4.69, 9.17) is 9.47 Å². The average Bonchev–Trinajstić information content (AvgIpc) is 3.44. The zero-order valence-corrected chi connectivity index (χ0v) is 22.7. The number of benzene rings is 4. The molecule has 5 aromatic rings. The summed E-state index contributed by atoms with van der Waals surface area (Å²) >= 11 is 1.37. The molecule has 0 unspecified atom stereocenters. The molecule has 1 atom stereocenters. The first-order chi connectivity index (χ1) is 19.6. The van der Waals surface area contributed by atoms with Crippen molar-refractivity contribution >= 4 is 33.3 Å². The molecule has 0 saturated carbocycles. The quantitative estimate of drug-likeness (QED) is 0.181. The van der Waals surface area contributed by atoms with Gasteiger partial charge in [-0.3, -0.25) is 4.79 Å². The van der Waals surface area contributed by atoms with E-state index in [9.17, 15) is 9.59 Å². The Labute approximate surface area is 237 Å². The maximum atomic E-state index is 13.1. The van der Waals surface area contributed by atoms with Gasteiger partial charge in [0.05, 0.1) is 12.0 Å². The lowest BCUT2D eigenvalue weighted by atomic mass is 10.1. The minimum absolute atomic E-state index is 0.293. The number of carbonyl (C=O) groups is 2. The molecule has 5 nitrogen and oxygen atoms in total. The Morgan fingerprint density at radius 3 is 2.23 bits per heavy atom. The van der Waals surface area contributed by atoms with Crippen molar-refractivity contribution in [2.45, 2.75) is 19.1 Å². The van der Waals surface area contributed by atoms with Crippen LogP contribution in [0.25, 0.3) is 10.1 Å². The van der Waals surface area contributed by atoms with Gasteiger partial charge in [0, 0.05) is 22.2 Å². The predicted octanol–water partition coefficient (Wildman–Crippen LogP) is 6.39. The molecule has 40 heavy (non-hydrogen) atoms.